The van der Waals surface area contributed by atoms with Gasteiger partial charge in [0, 0.05) is 5.02 Å². The van der Waals surface area contributed by atoms with Crippen molar-refractivity contribution in [2.24, 2.45) is 5.10 Å². The first-order valence-electron chi connectivity index (χ1n) is 4.09. The van der Waals surface area contributed by atoms with Gasteiger partial charge in [0.2, 0.25) is 0 Å². The zero-order valence-electron chi connectivity index (χ0n) is 7.58. The predicted octanol–water partition coefficient (Wildman–Crippen LogP) is 0.791. The summed E-state index contributed by atoms with van der Waals surface area (Å²) in [5.74, 6) is 0.139. The fourth-order valence-corrected chi connectivity index (χ4v) is 1.07. The molecule has 15 heavy (non-hydrogen) atoms. The fraction of sp³-hybridized carbons (Fsp3) is 0. The molecule has 0 saturated carbocycles. The molecule has 2 N–H and O–H groups in total. The van der Waals surface area contributed by atoms with Gasteiger partial charge in [0.1, 0.15) is 0 Å². The number of hydrogen-bond acceptors (Lipinski definition) is 5. The van der Waals surface area contributed by atoms with E-state index in [-0.39, 0.29) is 5.95 Å². The van der Waals surface area contributed by atoms with E-state index in [1.165, 1.54) is 0 Å². The molecule has 2 aromatic rings. The van der Waals surface area contributed by atoms with E-state index in [1.807, 2.05) is 12.1 Å². The maximum Gasteiger partial charge on any atom is 0.263 e. The number of halogens is 1. The molecule has 0 bridgehead atoms. The van der Waals surface area contributed by atoms with Crippen LogP contribution < -0.4 is 5.73 Å². The third-order valence-corrected chi connectivity index (χ3v) is 1.91. The van der Waals surface area contributed by atoms with Gasteiger partial charge in [-0.3, -0.25) is 0 Å². The molecule has 0 aliphatic carbocycles. The Morgan fingerprint density at radius 2 is 2.07 bits per heavy atom. The van der Waals surface area contributed by atoms with Gasteiger partial charge in [0.25, 0.3) is 5.95 Å². The van der Waals surface area contributed by atoms with Crippen LogP contribution in [0.1, 0.15) is 5.56 Å². The van der Waals surface area contributed by atoms with Crippen molar-refractivity contribution in [1.82, 2.24) is 20.3 Å². The number of aromatic nitrogens is 4. The Morgan fingerprint density at radius 1 is 1.33 bits per heavy atom. The fourth-order valence-electron chi connectivity index (χ4n) is 0.942. The van der Waals surface area contributed by atoms with Gasteiger partial charge in [-0.05, 0) is 28.1 Å². The summed E-state index contributed by atoms with van der Waals surface area (Å²) in [6.45, 7) is 0. The Labute approximate surface area is 90.3 Å². The van der Waals surface area contributed by atoms with Crippen molar-refractivity contribution in [3.05, 3.63) is 34.9 Å². The molecule has 0 aliphatic rings. The summed E-state index contributed by atoms with van der Waals surface area (Å²) in [5, 5.41) is 15.0. The number of benzene rings is 1. The van der Waals surface area contributed by atoms with E-state index in [4.69, 9.17) is 17.3 Å². The third-order valence-electron chi connectivity index (χ3n) is 1.66. The number of anilines is 1. The molecule has 1 heterocycles. The Kier molecular flexibility index (Phi) is 2.59. The molecule has 0 fully saturated rings. The lowest BCUT2D eigenvalue weighted by atomic mass is 10.2. The molecule has 0 aliphatic heterocycles. The first kappa shape index (κ1) is 9.60. The molecule has 0 unspecified atom stereocenters. The van der Waals surface area contributed by atoms with E-state index in [1.54, 1.807) is 18.3 Å². The number of nitrogens with two attached hydrogens (primary N) is 1. The molecule has 0 spiro atoms. The van der Waals surface area contributed by atoms with Gasteiger partial charge >= 0.3 is 0 Å². The summed E-state index contributed by atoms with van der Waals surface area (Å²) in [5.41, 5.74) is 6.30. The summed E-state index contributed by atoms with van der Waals surface area (Å²) in [4.78, 5) is 1.13. The van der Waals surface area contributed by atoms with E-state index in [0.717, 1.165) is 10.4 Å². The SMILES string of the molecule is Nc1nnnn1N=Cc1ccc(Cl)cc1. The monoisotopic (exact) mass is 222 g/mol. The van der Waals surface area contributed by atoms with Crippen LogP contribution in [0.3, 0.4) is 0 Å². The quantitative estimate of drug-likeness (QED) is 0.762. The number of nitrogen functional groups attached to an aromatic ring is 1. The molecule has 1 aromatic carbocycles. The van der Waals surface area contributed by atoms with Crippen LogP contribution in [0.4, 0.5) is 5.95 Å². The molecule has 7 heteroatoms. The number of tetrazole rings is 1. The van der Waals surface area contributed by atoms with E-state index in [9.17, 15) is 0 Å². The van der Waals surface area contributed by atoms with Gasteiger partial charge in [-0.25, -0.2) is 0 Å². The van der Waals surface area contributed by atoms with Crippen molar-refractivity contribution in [3.63, 3.8) is 0 Å². The second kappa shape index (κ2) is 4.05. The Hall–Kier alpha value is -1.95. The van der Waals surface area contributed by atoms with Crippen LogP contribution in [0.15, 0.2) is 29.4 Å². The second-order valence-electron chi connectivity index (χ2n) is 2.72. The van der Waals surface area contributed by atoms with E-state index in [0.29, 0.717) is 5.02 Å². The molecule has 0 saturated heterocycles. The lowest BCUT2D eigenvalue weighted by Gasteiger charge is -1.93. The van der Waals surface area contributed by atoms with Gasteiger partial charge < -0.3 is 5.73 Å². The van der Waals surface area contributed by atoms with Crippen molar-refractivity contribution in [2.45, 2.75) is 0 Å². The predicted molar refractivity (Wildman–Crippen MR) is 56.7 cm³/mol. The zero-order valence-corrected chi connectivity index (χ0v) is 8.33. The molecule has 0 atom stereocenters. The highest BCUT2D eigenvalue weighted by molar-refractivity contribution is 6.30. The standard InChI is InChI=1S/C8H7ClN6/c9-7-3-1-6(2-4-7)5-11-15-8(10)12-13-14-15/h1-5H,(H2,10,12,14). The van der Waals surface area contributed by atoms with Crippen molar-refractivity contribution in [3.8, 4) is 0 Å². The van der Waals surface area contributed by atoms with Crippen LogP contribution >= 0.6 is 11.6 Å². The van der Waals surface area contributed by atoms with Crippen LogP contribution in [-0.2, 0) is 0 Å². The minimum atomic E-state index is 0.139. The summed E-state index contributed by atoms with van der Waals surface area (Å²) in [6.07, 6.45) is 1.59. The molecular formula is C8H7ClN6. The molecule has 6 nitrogen and oxygen atoms in total. The summed E-state index contributed by atoms with van der Waals surface area (Å²) in [6, 6.07) is 7.19. The Bertz CT molecular complexity index is 474. The molecule has 76 valence electrons. The van der Waals surface area contributed by atoms with E-state index in [2.05, 4.69) is 20.6 Å². The molecule has 2 rings (SSSR count). The first-order chi connectivity index (χ1) is 7.25. The highest BCUT2D eigenvalue weighted by Crippen LogP contribution is 2.07. The largest absolute Gasteiger partial charge is 0.365 e. The first-order valence-corrected chi connectivity index (χ1v) is 4.47. The van der Waals surface area contributed by atoms with Crippen molar-refractivity contribution in [2.75, 3.05) is 5.73 Å². The Morgan fingerprint density at radius 3 is 2.67 bits per heavy atom. The van der Waals surface area contributed by atoms with Crippen LogP contribution in [0.5, 0.6) is 0 Å². The van der Waals surface area contributed by atoms with Crippen molar-refractivity contribution < 1.29 is 0 Å². The summed E-state index contributed by atoms with van der Waals surface area (Å²) < 4.78 is 0. The third kappa shape index (κ3) is 2.29. The topological polar surface area (TPSA) is 82.0 Å². The average molecular weight is 223 g/mol. The molecule has 1 aromatic heterocycles. The minimum absolute atomic E-state index is 0.139. The molecular weight excluding hydrogens is 216 g/mol. The molecule has 0 amide bonds. The smallest absolute Gasteiger partial charge is 0.263 e. The van der Waals surface area contributed by atoms with Gasteiger partial charge in [0.05, 0.1) is 6.21 Å². The van der Waals surface area contributed by atoms with E-state index >= 15 is 0 Å². The van der Waals surface area contributed by atoms with Gasteiger partial charge in [-0.15, -0.1) is 0 Å². The normalized spacial score (nSPS) is 11.0. The van der Waals surface area contributed by atoms with E-state index < -0.39 is 0 Å². The maximum absolute atomic E-state index is 5.73. The molecule has 0 radical (unpaired) electrons. The van der Waals surface area contributed by atoms with Gasteiger partial charge in [0.15, 0.2) is 0 Å². The summed E-state index contributed by atoms with van der Waals surface area (Å²) in [7, 11) is 0. The second-order valence-corrected chi connectivity index (χ2v) is 3.16. The lowest BCUT2D eigenvalue weighted by molar-refractivity contribution is 0.699. The minimum Gasteiger partial charge on any atom is -0.365 e. The van der Waals surface area contributed by atoms with Crippen LogP contribution in [0, 0.1) is 0 Å². The summed E-state index contributed by atoms with van der Waals surface area (Å²) >= 11 is 5.73. The number of hydrogen-bond donors (Lipinski definition) is 1. The highest BCUT2D eigenvalue weighted by Gasteiger charge is 1.96. The van der Waals surface area contributed by atoms with Crippen LogP contribution in [0.2, 0.25) is 5.02 Å². The number of rotatable bonds is 2. The maximum atomic E-state index is 5.73. The highest BCUT2D eigenvalue weighted by atomic mass is 35.5. The van der Waals surface area contributed by atoms with Gasteiger partial charge in [-0.1, -0.05) is 33.6 Å². The van der Waals surface area contributed by atoms with Gasteiger partial charge in [-0.2, -0.15) is 5.10 Å². The average Bonchev–Trinajstić information content (AvgIpc) is 2.63. The van der Waals surface area contributed by atoms with Crippen LogP contribution in [-0.4, -0.2) is 26.5 Å². The van der Waals surface area contributed by atoms with Crippen LogP contribution in [0.25, 0.3) is 0 Å². The lowest BCUT2D eigenvalue weighted by Crippen LogP contribution is -1.99. The van der Waals surface area contributed by atoms with Crippen molar-refractivity contribution >= 4 is 23.8 Å². The van der Waals surface area contributed by atoms with Crippen molar-refractivity contribution in [1.29, 1.82) is 0 Å². The Balaban J connectivity index is 2.19. The zero-order chi connectivity index (χ0) is 10.7. The number of nitrogens with zero attached hydrogens (tertiary/aromatic N) is 5.